The molecule has 2 heterocycles. The lowest BCUT2D eigenvalue weighted by Crippen LogP contribution is -2.54. The molecule has 2 aliphatic heterocycles. The number of carbonyl (C=O) groups is 2. The quantitative estimate of drug-likeness (QED) is 0.721. The Morgan fingerprint density at radius 1 is 0.929 bits per heavy atom. The maximum atomic E-state index is 12.7. The molecule has 0 atom stereocenters. The second-order valence-corrected chi connectivity index (χ2v) is 7.27. The number of anilines is 1. The number of methoxy groups -OCH3 is 1. The zero-order chi connectivity index (χ0) is 19.9. The molecule has 0 aromatic heterocycles. The van der Waals surface area contributed by atoms with Crippen LogP contribution in [-0.2, 0) is 9.59 Å². The molecule has 0 spiro atoms. The topological polar surface area (TPSA) is 68.4 Å². The van der Waals surface area contributed by atoms with Gasteiger partial charge in [0.25, 0.3) is 0 Å². The number of likely N-dealkylation sites (N-methyl/N-ethyl adjacent to an activating group) is 1. The smallest absolute Gasteiger partial charge is 0.236 e. The van der Waals surface area contributed by atoms with Crippen LogP contribution in [0.5, 0.6) is 5.75 Å². The van der Waals surface area contributed by atoms with Crippen LogP contribution >= 0.6 is 0 Å². The van der Waals surface area contributed by atoms with Crippen molar-refractivity contribution in [1.82, 2.24) is 20.0 Å². The summed E-state index contributed by atoms with van der Waals surface area (Å²) in [6, 6.07) is 8.07. The lowest BCUT2D eigenvalue weighted by atomic mass is 10.2. The predicted molar refractivity (Wildman–Crippen MR) is 109 cm³/mol. The number of carbonyl (C=O) groups excluding carboxylic acids is 2. The molecular weight excluding hydrogens is 358 g/mol. The van der Waals surface area contributed by atoms with Crippen LogP contribution in [0.25, 0.3) is 0 Å². The summed E-state index contributed by atoms with van der Waals surface area (Å²) < 4.78 is 5.46. The van der Waals surface area contributed by atoms with Crippen molar-refractivity contribution in [1.29, 1.82) is 0 Å². The minimum absolute atomic E-state index is 0.0210. The van der Waals surface area contributed by atoms with Gasteiger partial charge in [-0.2, -0.15) is 0 Å². The van der Waals surface area contributed by atoms with Crippen molar-refractivity contribution in [3.05, 3.63) is 24.3 Å². The van der Waals surface area contributed by atoms with Crippen LogP contribution in [0.1, 0.15) is 0 Å². The van der Waals surface area contributed by atoms with Crippen molar-refractivity contribution >= 4 is 17.5 Å². The van der Waals surface area contributed by atoms with E-state index in [9.17, 15) is 9.59 Å². The Bertz CT molecular complexity index is 668. The van der Waals surface area contributed by atoms with Crippen molar-refractivity contribution < 1.29 is 14.3 Å². The zero-order valence-corrected chi connectivity index (χ0v) is 16.9. The fourth-order valence-corrected chi connectivity index (χ4v) is 3.77. The molecule has 28 heavy (non-hydrogen) atoms. The van der Waals surface area contributed by atoms with Crippen LogP contribution in [0.2, 0.25) is 0 Å². The molecule has 2 fully saturated rings. The third kappa shape index (κ3) is 5.14. The van der Waals surface area contributed by atoms with Gasteiger partial charge in [0.2, 0.25) is 11.8 Å². The van der Waals surface area contributed by atoms with Crippen LogP contribution in [0.4, 0.5) is 5.69 Å². The molecule has 0 bridgehead atoms. The highest BCUT2D eigenvalue weighted by Gasteiger charge is 2.26. The van der Waals surface area contributed by atoms with E-state index < -0.39 is 0 Å². The van der Waals surface area contributed by atoms with Gasteiger partial charge in [0.15, 0.2) is 0 Å². The van der Waals surface area contributed by atoms with Gasteiger partial charge < -0.3 is 19.9 Å². The Balaban J connectivity index is 1.42. The molecule has 8 heteroatoms. The molecule has 2 amide bonds. The molecule has 154 valence electrons. The number of amides is 2. The molecule has 3 rings (SSSR count). The van der Waals surface area contributed by atoms with Crippen molar-refractivity contribution in [2.75, 3.05) is 84.5 Å². The van der Waals surface area contributed by atoms with Crippen LogP contribution in [-0.4, -0.2) is 106 Å². The molecule has 1 aromatic rings. The third-order valence-electron chi connectivity index (χ3n) is 5.53. The number of benzene rings is 1. The highest BCUT2D eigenvalue weighted by Crippen LogP contribution is 2.28. The number of para-hydroxylation sites is 2. The summed E-state index contributed by atoms with van der Waals surface area (Å²) in [5.74, 6) is 1.10. The summed E-state index contributed by atoms with van der Waals surface area (Å²) in [4.78, 5) is 32.7. The second-order valence-electron chi connectivity index (χ2n) is 7.27. The van der Waals surface area contributed by atoms with Gasteiger partial charge in [0, 0.05) is 59.4 Å². The van der Waals surface area contributed by atoms with Crippen LogP contribution in [0, 0.1) is 0 Å². The van der Waals surface area contributed by atoms with E-state index in [1.54, 1.807) is 14.2 Å². The first-order chi connectivity index (χ1) is 13.6. The standard InChI is InChI=1S/C20H31N5O3/c1-21-19(26)15-22-9-13-25(14-10-22)20(27)16-23-7-11-24(12-8-23)17-5-3-4-6-18(17)28-2/h3-6H,7-16H2,1-2H3,(H,21,26). The Hall–Kier alpha value is -2.32. The summed E-state index contributed by atoms with van der Waals surface area (Å²) in [6.07, 6.45) is 0. The van der Waals surface area contributed by atoms with Gasteiger partial charge in [-0.25, -0.2) is 0 Å². The Morgan fingerprint density at radius 2 is 1.54 bits per heavy atom. The normalized spacial score (nSPS) is 18.8. The first-order valence-corrected chi connectivity index (χ1v) is 9.91. The molecule has 1 N–H and O–H groups in total. The van der Waals surface area contributed by atoms with Gasteiger partial charge in [-0.3, -0.25) is 19.4 Å². The summed E-state index contributed by atoms with van der Waals surface area (Å²) in [5, 5.41) is 2.64. The van der Waals surface area contributed by atoms with Crippen LogP contribution in [0.15, 0.2) is 24.3 Å². The van der Waals surface area contributed by atoms with Crippen molar-refractivity contribution in [3.63, 3.8) is 0 Å². The van der Waals surface area contributed by atoms with E-state index in [2.05, 4.69) is 26.1 Å². The van der Waals surface area contributed by atoms with Gasteiger partial charge in [-0.1, -0.05) is 12.1 Å². The van der Waals surface area contributed by atoms with Gasteiger partial charge in [-0.05, 0) is 12.1 Å². The first-order valence-electron chi connectivity index (χ1n) is 9.91. The van der Waals surface area contributed by atoms with Gasteiger partial charge in [-0.15, -0.1) is 0 Å². The number of hydrogen-bond donors (Lipinski definition) is 1. The Labute approximate surface area is 167 Å². The number of ether oxygens (including phenoxy) is 1. The molecule has 2 aliphatic rings. The second kappa shape index (κ2) is 9.75. The van der Waals surface area contributed by atoms with E-state index in [1.165, 1.54) is 0 Å². The predicted octanol–water partition coefficient (Wildman–Crippen LogP) is -0.293. The Kier molecular flexibility index (Phi) is 7.11. The minimum atomic E-state index is 0.0210. The highest BCUT2D eigenvalue weighted by molar-refractivity contribution is 5.79. The molecule has 2 saturated heterocycles. The minimum Gasteiger partial charge on any atom is -0.495 e. The number of rotatable bonds is 6. The van der Waals surface area contributed by atoms with Crippen LogP contribution in [0.3, 0.4) is 0 Å². The third-order valence-corrected chi connectivity index (χ3v) is 5.53. The van der Waals surface area contributed by atoms with Crippen molar-refractivity contribution in [3.8, 4) is 5.75 Å². The van der Waals surface area contributed by atoms with E-state index in [4.69, 9.17) is 4.74 Å². The zero-order valence-electron chi connectivity index (χ0n) is 16.9. The van der Waals surface area contributed by atoms with E-state index >= 15 is 0 Å². The summed E-state index contributed by atoms with van der Waals surface area (Å²) in [6.45, 7) is 7.25. The molecule has 8 nitrogen and oxygen atoms in total. The average Bonchev–Trinajstić information content (AvgIpc) is 2.74. The molecular formula is C20H31N5O3. The number of hydrogen-bond acceptors (Lipinski definition) is 6. The SMILES string of the molecule is CNC(=O)CN1CCN(C(=O)CN2CCN(c3ccccc3OC)CC2)CC1. The molecule has 0 unspecified atom stereocenters. The lowest BCUT2D eigenvalue weighted by Gasteiger charge is -2.38. The average molecular weight is 390 g/mol. The first kappa shape index (κ1) is 20.4. The van der Waals surface area contributed by atoms with Crippen LogP contribution < -0.4 is 15.0 Å². The van der Waals surface area contributed by atoms with Crippen molar-refractivity contribution in [2.24, 2.45) is 0 Å². The van der Waals surface area contributed by atoms with Gasteiger partial charge >= 0.3 is 0 Å². The van der Waals surface area contributed by atoms with Gasteiger partial charge in [0.05, 0.1) is 25.9 Å². The maximum Gasteiger partial charge on any atom is 0.236 e. The summed E-state index contributed by atoms with van der Waals surface area (Å²) in [5.41, 5.74) is 1.11. The van der Waals surface area contributed by atoms with E-state index in [-0.39, 0.29) is 11.8 Å². The number of piperazine rings is 2. The summed E-state index contributed by atoms with van der Waals surface area (Å²) in [7, 11) is 3.35. The van der Waals surface area contributed by atoms with Gasteiger partial charge in [0.1, 0.15) is 5.75 Å². The highest BCUT2D eigenvalue weighted by atomic mass is 16.5. The fraction of sp³-hybridized carbons (Fsp3) is 0.600. The molecule has 0 radical (unpaired) electrons. The Morgan fingerprint density at radius 3 is 2.18 bits per heavy atom. The summed E-state index contributed by atoms with van der Waals surface area (Å²) >= 11 is 0. The molecule has 0 saturated carbocycles. The molecule has 1 aromatic carbocycles. The van der Waals surface area contributed by atoms with E-state index in [1.807, 2.05) is 23.1 Å². The largest absolute Gasteiger partial charge is 0.495 e. The van der Waals surface area contributed by atoms with E-state index in [0.717, 1.165) is 50.7 Å². The number of nitrogens with zero attached hydrogens (tertiary/aromatic N) is 4. The maximum absolute atomic E-state index is 12.7. The monoisotopic (exact) mass is 389 g/mol. The fourth-order valence-electron chi connectivity index (χ4n) is 3.77. The van der Waals surface area contributed by atoms with Crippen molar-refractivity contribution in [2.45, 2.75) is 0 Å². The lowest BCUT2D eigenvalue weighted by molar-refractivity contribution is -0.134. The molecule has 0 aliphatic carbocycles. The number of nitrogens with one attached hydrogen (secondary N) is 1. The van der Waals surface area contributed by atoms with E-state index in [0.29, 0.717) is 26.2 Å².